The largest absolute Gasteiger partial charge is 0.393 e. The second-order valence-electron chi connectivity index (χ2n) is 6.09. The van der Waals surface area contributed by atoms with Crippen LogP contribution in [0.25, 0.3) is 0 Å². The van der Waals surface area contributed by atoms with Gasteiger partial charge in [0.2, 0.25) is 0 Å². The van der Waals surface area contributed by atoms with E-state index >= 15 is 0 Å². The summed E-state index contributed by atoms with van der Waals surface area (Å²) >= 11 is 5.14. The second-order valence-corrected chi connectivity index (χ2v) is 6.53. The fourth-order valence-electron chi connectivity index (χ4n) is 2.73. The number of thiocarbonyl (C=S) groups is 1. The van der Waals surface area contributed by atoms with E-state index in [0.717, 1.165) is 42.6 Å². The third kappa shape index (κ3) is 3.01. The minimum Gasteiger partial charge on any atom is -0.393 e. The summed E-state index contributed by atoms with van der Waals surface area (Å²) in [5.41, 5.74) is 8.73. The number of hydrogen-bond donors (Lipinski definition) is 1. The van der Waals surface area contributed by atoms with Crippen LogP contribution in [0.15, 0.2) is 18.2 Å². The van der Waals surface area contributed by atoms with E-state index in [0.29, 0.717) is 4.99 Å². The van der Waals surface area contributed by atoms with Crippen LogP contribution in [0, 0.1) is 19.3 Å². The molecule has 0 bridgehead atoms. The third-order valence-electron chi connectivity index (χ3n) is 4.22. The van der Waals surface area contributed by atoms with Crippen molar-refractivity contribution in [2.24, 2.45) is 11.1 Å². The zero-order valence-corrected chi connectivity index (χ0v) is 13.2. The smallest absolute Gasteiger partial charge is 0.253 e. The van der Waals surface area contributed by atoms with Gasteiger partial charge in [0, 0.05) is 24.1 Å². The highest BCUT2D eigenvalue weighted by molar-refractivity contribution is 7.80. The van der Waals surface area contributed by atoms with E-state index in [1.54, 1.807) is 0 Å². The van der Waals surface area contributed by atoms with Crippen LogP contribution in [0.2, 0.25) is 0 Å². The highest BCUT2D eigenvalue weighted by Gasteiger charge is 2.34. The van der Waals surface area contributed by atoms with Gasteiger partial charge in [-0.2, -0.15) is 0 Å². The third-order valence-corrected chi connectivity index (χ3v) is 4.71. The molecular weight excluding hydrogens is 268 g/mol. The number of carbonyl (C=O) groups is 1. The maximum absolute atomic E-state index is 12.5. The van der Waals surface area contributed by atoms with E-state index in [-0.39, 0.29) is 11.3 Å². The standard InChI is InChI=1S/C16H22N2OS/c1-11-8-12(2)10-13(9-11)14(19)18-6-4-16(3,5-7-18)15(17)20/h8-10H,4-7H2,1-3H3,(H2,17,20). The second kappa shape index (κ2) is 5.52. The fourth-order valence-corrected chi connectivity index (χ4v) is 2.93. The Balaban J connectivity index is 2.10. The maximum atomic E-state index is 12.5. The molecule has 0 unspecified atom stereocenters. The number of benzene rings is 1. The summed E-state index contributed by atoms with van der Waals surface area (Å²) in [6.07, 6.45) is 1.69. The molecule has 1 aliphatic heterocycles. The number of nitrogens with zero attached hydrogens (tertiary/aromatic N) is 1. The Bertz CT molecular complexity index is 525. The Morgan fingerprint density at radius 3 is 2.15 bits per heavy atom. The number of piperidine rings is 1. The van der Waals surface area contributed by atoms with Crippen molar-refractivity contribution >= 4 is 23.1 Å². The predicted octanol–water partition coefficient (Wildman–Crippen LogP) is 2.83. The lowest BCUT2D eigenvalue weighted by molar-refractivity contribution is 0.0670. The Kier molecular flexibility index (Phi) is 4.14. The van der Waals surface area contributed by atoms with Crippen LogP contribution in [-0.4, -0.2) is 28.9 Å². The minimum absolute atomic E-state index is 0.103. The van der Waals surface area contributed by atoms with Gasteiger partial charge < -0.3 is 10.6 Å². The minimum atomic E-state index is -0.103. The van der Waals surface area contributed by atoms with Gasteiger partial charge in [-0.15, -0.1) is 0 Å². The SMILES string of the molecule is Cc1cc(C)cc(C(=O)N2CCC(C)(C(N)=S)CC2)c1. The van der Waals surface area contributed by atoms with Gasteiger partial charge >= 0.3 is 0 Å². The summed E-state index contributed by atoms with van der Waals surface area (Å²) in [4.78, 5) is 15.0. The van der Waals surface area contributed by atoms with Crippen molar-refractivity contribution in [1.29, 1.82) is 0 Å². The summed E-state index contributed by atoms with van der Waals surface area (Å²) in [6.45, 7) is 7.57. The van der Waals surface area contributed by atoms with Crippen molar-refractivity contribution in [3.8, 4) is 0 Å². The van der Waals surface area contributed by atoms with Crippen molar-refractivity contribution < 1.29 is 4.79 Å². The number of likely N-dealkylation sites (tertiary alicyclic amines) is 1. The van der Waals surface area contributed by atoms with Gasteiger partial charge in [-0.1, -0.05) is 36.3 Å². The van der Waals surface area contributed by atoms with Gasteiger partial charge in [-0.05, 0) is 38.8 Å². The lowest BCUT2D eigenvalue weighted by Crippen LogP contribution is -2.46. The first kappa shape index (κ1) is 15.0. The molecular formula is C16H22N2OS. The van der Waals surface area contributed by atoms with Crippen molar-refractivity contribution in [3.63, 3.8) is 0 Å². The van der Waals surface area contributed by atoms with Gasteiger partial charge in [0.15, 0.2) is 0 Å². The molecule has 2 N–H and O–H groups in total. The summed E-state index contributed by atoms with van der Waals surface area (Å²) in [7, 11) is 0. The number of amides is 1. The van der Waals surface area contributed by atoms with Crippen LogP contribution < -0.4 is 5.73 Å². The highest BCUT2D eigenvalue weighted by Crippen LogP contribution is 2.31. The molecule has 0 radical (unpaired) electrons. The first-order valence-electron chi connectivity index (χ1n) is 6.99. The quantitative estimate of drug-likeness (QED) is 0.852. The van der Waals surface area contributed by atoms with E-state index < -0.39 is 0 Å². The number of hydrogen-bond acceptors (Lipinski definition) is 2. The van der Waals surface area contributed by atoms with E-state index in [1.807, 2.05) is 30.9 Å². The first-order chi connectivity index (χ1) is 9.32. The molecule has 0 saturated carbocycles. The van der Waals surface area contributed by atoms with E-state index in [1.165, 1.54) is 0 Å². The van der Waals surface area contributed by atoms with Gasteiger partial charge in [0.05, 0.1) is 4.99 Å². The Morgan fingerprint density at radius 2 is 1.70 bits per heavy atom. The molecule has 4 heteroatoms. The van der Waals surface area contributed by atoms with Crippen LogP contribution in [0.4, 0.5) is 0 Å². The van der Waals surface area contributed by atoms with Gasteiger partial charge in [-0.25, -0.2) is 0 Å². The average molecular weight is 290 g/mol. The summed E-state index contributed by atoms with van der Waals surface area (Å²) in [5, 5.41) is 0. The topological polar surface area (TPSA) is 46.3 Å². The van der Waals surface area contributed by atoms with E-state index in [4.69, 9.17) is 18.0 Å². The predicted molar refractivity (Wildman–Crippen MR) is 85.9 cm³/mol. The zero-order valence-electron chi connectivity index (χ0n) is 12.4. The van der Waals surface area contributed by atoms with Crippen LogP contribution in [0.1, 0.15) is 41.3 Å². The van der Waals surface area contributed by atoms with Gasteiger partial charge in [0.25, 0.3) is 5.91 Å². The normalized spacial score (nSPS) is 17.9. The summed E-state index contributed by atoms with van der Waals surface area (Å²) in [6, 6.07) is 5.99. The van der Waals surface area contributed by atoms with Crippen LogP contribution in [0.3, 0.4) is 0 Å². The molecule has 108 valence electrons. The van der Waals surface area contributed by atoms with Crippen LogP contribution in [0.5, 0.6) is 0 Å². The van der Waals surface area contributed by atoms with E-state index in [9.17, 15) is 4.79 Å². The van der Waals surface area contributed by atoms with Crippen molar-refractivity contribution in [1.82, 2.24) is 4.90 Å². The molecule has 3 nitrogen and oxygen atoms in total. The number of aryl methyl sites for hydroxylation is 2. The molecule has 20 heavy (non-hydrogen) atoms. The molecule has 0 aliphatic carbocycles. The zero-order chi connectivity index (χ0) is 14.9. The van der Waals surface area contributed by atoms with Crippen LogP contribution >= 0.6 is 12.2 Å². The molecule has 1 aromatic rings. The van der Waals surface area contributed by atoms with Gasteiger partial charge in [0.1, 0.15) is 0 Å². The van der Waals surface area contributed by atoms with Crippen LogP contribution in [-0.2, 0) is 0 Å². The van der Waals surface area contributed by atoms with Crippen molar-refractivity contribution in [3.05, 3.63) is 34.9 Å². The average Bonchev–Trinajstić information content (AvgIpc) is 2.37. The number of nitrogens with two attached hydrogens (primary N) is 1. The summed E-state index contributed by atoms with van der Waals surface area (Å²) < 4.78 is 0. The Hall–Kier alpha value is -1.42. The monoisotopic (exact) mass is 290 g/mol. The number of carbonyl (C=O) groups excluding carboxylic acids is 1. The van der Waals surface area contributed by atoms with Crippen molar-refractivity contribution in [2.75, 3.05) is 13.1 Å². The maximum Gasteiger partial charge on any atom is 0.253 e. The van der Waals surface area contributed by atoms with Gasteiger partial charge in [-0.3, -0.25) is 4.79 Å². The van der Waals surface area contributed by atoms with E-state index in [2.05, 4.69) is 13.0 Å². The number of rotatable bonds is 2. The molecule has 1 amide bonds. The fraction of sp³-hybridized carbons (Fsp3) is 0.500. The molecule has 0 atom stereocenters. The molecule has 2 rings (SSSR count). The summed E-state index contributed by atoms with van der Waals surface area (Å²) in [5.74, 6) is 0.113. The van der Waals surface area contributed by atoms with Crippen molar-refractivity contribution in [2.45, 2.75) is 33.6 Å². The molecule has 1 saturated heterocycles. The molecule has 1 heterocycles. The molecule has 1 aromatic carbocycles. The molecule has 0 aromatic heterocycles. The first-order valence-corrected chi connectivity index (χ1v) is 7.40. The molecule has 1 fully saturated rings. The lowest BCUT2D eigenvalue weighted by atomic mass is 9.80. The Labute approximate surface area is 126 Å². The Morgan fingerprint density at radius 1 is 1.20 bits per heavy atom. The highest BCUT2D eigenvalue weighted by atomic mass is 32.1. The molecule has 1 aliphatic rings. The lowest BCUT2D eigenvalue weighted by Gasteiger charge is -2.38. The molecule has 0 spiro atoms.